The molecule has 0 bridgehead atoms. The summed E-state index contributed by atoms with van der Waals surface area (Å²) in [6.07, 6.45) is 1.71. The molecule has 1 N–H and O–H groups in total. The van der Waals surface area contributed by atoms with E-state index >= 15 is 0 Å². The zero-order valence-electron chi connectivity index (χ0n) is 14.4. The minimum Gasteiger partial charge on any atom is -0.486 e. The first kappa shape index (κ1) is 17.8. The van der Waals surface area contributed by atoms with Crippen LogP contribution in [0.2, 0.25) is 0 Å². The Labute approximate surface area is 152 Å². The van der Waals surface area contributed by atoms with Gasteiger partial charge < -0.3 is 19.5 Å². The standard InChI is InChI=1S/C20H21NO5/c22-19(21-10-4-7-15-5-2-1-3-6-15)14-26-20(23)16-8-9-17-18(13-16)25-12-11-24-17/h1-3,5-6,8-9,13H,4,7,10-12,14H2,(H,21,22). The van der Waals surface area contributed by atoms with Gasteiger partial charge in [-0.1, -0.05) is 30.3 Å². The predicted octanol–water partition coefficient (Wildman–Crippen LogP) is 2.36. The van der Waals surface area contributed by atoms with Gasteiger partial charge in [-0.25, -0.2) is 4.79 Å². The van der Waals surface area contributed by atoms with E-state index in [0.29, 0.717) is 36.8 Å². The SMILES string of the molecule is O=C(COC(=O)c1ccc2c(c1)OCCO2)NCCCc1ccccc1. The third-order valence-electron chi connectivity index (χ3n) is 3.92. The number of ether oxygens (including phenoxy) is 3. The largest absolute Gasteiger partial charge is 0.486 e. The van der Waals surface area contributed by atoms with Crippen LogP contribution in [-0.4, -0.2) is 38.2 Å². The van der Waals surface area contributed by atoms with Gasteiger partial charge >= 0.3 is 5.97 Å². The Bertz CT molecular complexity index is 760. The van der Waals surface area contributed by atoms with Crippen molar-refractivity contribution in [3.05, 3.63) is 59.7 Å². The molecule has 6 heteroatoms. The Morgan fingerprint density at radius 1 is 1.00 bits per heavy atom. The second kappa shape index (κ2) is 8.89. The van der Waals surface area contributed by atoms with E-state index in [2.05, 4.69) is 17.4 Å². The van der Waals surface area contributed by atoms with E-state index in [0.717, 1.165) is 12.8 Å². The molecule has 0 aliphatic carbocycles. The van der Waals surface area contributed by atoms with E-state index < -0.39 is 5.97 Å². The van der Waals surface area contributed by atoms with Crippen LogP contribution in [0.25, 0.3) is 0 Å². The Balaban J connectivity index is 1.38. The van der Waals surface area contributed by atoms with Gasteiger partial charge in [-0.2, -0.15) is 0 Å². The van der Waals surface area contributed by atoms with E-state index in [-0.39, 0.29) is 12.5 Å². The number of carbonyl (C=O) groups is 2. The van der Waals surface area contributed by atoms with Gasteiger partial charge in [0.05, 0.1) is 5.56 Å². The number of benzene rings is 2. The average molecular weight is 355 g/mol. The lowest BCUT2D eigenvalue weighted by molar-refractivity contribution is -0.124. The molecule has 0 saturated carbocycles. The Kier molecular flexibility index (Phi) is 6.09. The number of carbonyl (C=O) groups excluding carboxylic acids is 2. The lowest BCUT2D eigenvalue weighted by Crippen LogP contribution is -2.29. The summed E-state index contributed by atoms with van der Waals surface area (Å²) < 4.78 is 15.9. The van der Waals surface area contributed by atoms with Crippen molar-refractivity contribution in [3.8, 4) is 11.5 Å². The van der Waals surface area contributed by atoms with E-state index in [1.807, 2.05) is 18.2 Å². The Morgan fingerprint density at radius 2 is 1.77 bits per heavy atom. The maximum Gasteiger partial charge on any atom is 0.338 e. The lowest BCUT2D eigenvalue weighted by atomic mass is 10.1. The zero-order chi connectivity index (χ0) is 18.2. The lowest BCUT2D eigenvalue weighted by Gasteiger charge is -2.18. The second-order valence-corrected chi connectivity index (χ2v) is 5.87. The number of fused-ring (bicyclic) bond motifs is 1. The second-order valence-electron chi connectivity index (χ2n) is 5.87. The molecule has 0 unspecified atom stereocenters. The van der Waals surface area contributed by atoms with Gasteiger partial charge in [0.1, 0.15) is 13.2 Å². The molecule has 0 aromatic heterocycles. The summed E-state index contributed by atoms with van der Waals surface area (Å²) in [6.45, 7) is 1.16. The summed E-state index contributed by atoms with van der Waals surface area (Å²) in [5.41, 5.74) is 1.55. The normalized spacial score (nSPS) is 12.3. The van der Waals surface area contributed by atoms with Crippen LogP contribution in [0.15, 0.2) is 48.5 Å². The van der Waals surface area contributed by atoms with Gasteiger partial charge in [-0.05, 0) is 36.6 Å². The number of aryl methyl sites for hydroxylation is 1. The smallest absolute Gasteiger partial charge is 0.338 e. The van der Waals surface area contributed by atoms with E-state index in [4.69, 9.17) is 14.2 Å². The molecule has 1 heterocycles. The van der Waals surface area contributed by atoms with Crippen molar-refractivity contribution in [2.24, 2.45) is 0 Å². The van der Waals surface area contributed by atoms with E-state index in [9.17, 15) is 9.59 Å². The summed E-state index contributed by atoms with van der Waals surface area (Å²) in [5.74, 6) is 0.227. The highest BCUT2D eigenvalue weighted by molar-refractivity contribution is 5.92. The summed E-state index contributed by atoms with van der Waals surface area (Å²) >= 11 is 0. The van der Waals surface area contributed by atoms with Crippen LogP contribution in [0.4, 0.5) is 0 Å². The maximum atomic E-state index is 12.1. The molecule has 136 valence electrons. The summed E-state index contributed by atoms with van der Waals surface area (Å²) in [6, 6.07) is 14.9. The van der Waals surface area contributed by atoms with Crippen molar-refractivity contribution in [1.29, 1.82) is 0 Å². The molecule has 2 aromatic rings. The fraction of sp³-hybridized carbons (Fsp3) is 0.300. The molecule has 0 saturated heterocycles. The van der Waals surface area contributed by atoms with Gasteiger partial charge in [0.15, 0.2) is 18.1 Å². The van der Waals surface area contributed by atoms with Gasteiger partial charge in [0.25, 0.3) is 5.91 Å². The molecular weight excluding hydrogens is 334 g/mol. The molecule has 0 radical (unpaired) electrons. The minimum atomic E-state index is -0.568. The molecule has 1 aliphatic heterocycles. The average Bonchev–Trinajstić information content (AvgIpc) is 2.70. The third-order valence-corrected chi connectivity index (χ3v) is 3.92. The van der Waals surface area contributed by atoms with Gasteiger partial charge in [-0.3, -0.25) is 4.79 Å². The van der Waals surface area contributed by atoms with Crippen LogP contribution in [0.5, 0.6) is 11.5 Å². The number of rotatable bonds is 7. The molecule has 0 atom stereocenters. The molecular formula is C20H21NO5. The van der Waals surface area contributed by atoms with Crippen LogP contribution >= 0.6 is 0 Å². The van der Waals surface area contributed by atoms with Crippen LogP contribution in [-0.2, 0) is 16.0 Å². The number of hydrogen-bond donors (Lipinski definition) is 1. The molecule has 1 amide bonds. The zero-order valence-corrected chi connectivity index (χ0v) is 14.4. The topological polar surface area (TPSA) is 73.9 Å². The molecule has 1 aliphatic rings. The Morgan fingerprint density at radius 3 is 2.58 bits per heavy atom. The van der Waals surface area contributed by atoms with Gasteiger partial charge in [0.2, 0.25) is 0 Å². The molecule has 3 rings (SSSR count). The van der Waals surface area contributed by atoms with Crippen molar-refractivity contribution in [3.63, 3.8) is 0 Å². The van der Waals surface area contributed by atoms with Crippen molar-refractivity contribution in [2.45, 2.75) is 12.8 Å². The minimum absolute atomic E-state index is 0.307. The van der Waals surface area contributed by atoms with Gasteiger partial charge in [-0.15, -0.1) is 0 Å². The van der Waals surface area contributed by atoms with E-state index in [1.54, 1.807) is 18.2 Å². The molecule has 26 heavy (non-hydrogen) atoms. The molecule has 0 fully saturated rings. The highest BCUT2D eigenvalue weighted by Crippen LogP contribution is 2.30. The number of nitrogens with one attached hydrogen (secondary N) is 1. The fourth-order valence-electron chi connectivity index (χ4n) is 2.60. The first-order chi connectivity index (χ1) is 12.7. The predicted molar refractivity (Wildman–Crippen MR) is 95.5 cm³/mol. The quantitative estimate of drug-likeness (QED) is 0.610. The van der Waals surface area contributed by atoms with Crippen molar-refractivity contribution >= 4 is 11.9 Å². The highest BCUT2D eigenvalue weighted by Gasteiger charge is 2.16. The first-order valence-electron chi connectivity index (χ1n) is 8.60. The number of hydrogen-bond acceptors (Lipinski definition) is 5. The summed E-state index contributed by atoms with van der Waals surface area (Å²) in [4.78, 5) is 23.8. The summed E-state index contributed by atoms with van der Waals surface area (Å²) in [7, 11) is 0. The van der Waals surface area contributed by atoms with Crippen LogP contribution < -0.4 is 14.8 Å². The number of amides is 1. The highest BCUT2D eigenvalue weighted by atomic mass is 16.6. The van der Waals surface area contributed by atoms with Crippen molar-refractivity contribution in [1.82, 2.24) is 5.32 Å². The van der Waals surface area contributed by atoms with Crippen molar-refractivity contribution < 1.29 is 23.8 Å². The fourth-order valence-corrected chi connectivity index (χ4v) is 2.60. The third kappa shape index (κ3) is 4.99. The summed E-state index contributed by atoms with van der Waals surface area (Å²) in [5, 5.41) is 2.75. The van der Waals surface area contributed by atoms with E-state index in [1.165, 1.54) is 5.56 Å². The van der Waals surface area contributed by atoms with Crippen molar-refractivity contribution in [2.75, 3.05) is 26.4 Å². The van der Waals surface area contributed by atoms with Crippen LogP contribution in [0.3, 0.4) is 0 Å². The molecule has 0 spiro atoms. The molecule has 2 aromatic carbocycles. The first-order valence-corrected chi connectivity index (χ1v) is 8.60. The molecule has 6 nitrogen and oxygen atoms in total. The maximum absolute atomic E-state index is 12.1. The van der Waals surface area contributed by atoms with Gasteiger partial charge in [0, 0.05) is 6.54 Å². The Hall–Kier alpha value is -3.02. The van der Waals surface area contributed by atoms with Crippen LogP contribution in [0.1, 0.15) is 22.3 Å². The monoisotopic (exact) mass is 355 g/mol. The van der Waals surface area contributed by atoms with Crippen LogP contribution in [0, 0.1) is 0 Å². The number of esters is 1.